The molecule has 1 aliphatic heterocycles. The van der Waals surface area contributed by atoms with Gasteiger partial charge in [-0.05, 0) is 43.2 Å². The van der Waals surface area contributed by atoms with Crippen LogP contribution in [0.25, 0.3) is 10.9 Å². The number of urea groups is 1. The number of phenols is 1. The average molecular weight is 875 g/mol. The highest BCUT2D eigenvalue weighted by atomic mass is 16.5. The topological polar surface area (TPSA) is 352 Å². The maximum atomic E-state index is 14.7. The molecule has 1 aliphatic rings. The normalized spacial score (nSPS) is 18.3. The first-order valence-corrected chi connectivity index (χ1v) is 19.7. The molecular formula is C41H50N10O12. The zero-order valence-electron chi connectivity index (χ0n) is 34.5. The zero-order chi connectivity index (χ0) is 46.3. The number of H-pyrrole nitrogens is 2. The van der Waals surface area contributed by atoms with Crippen molar-refractivity contribution in [3.63, 3.8) is 0 Å². The Labute approximate surface area is 358 Å². The molecule has 3 heterocycles. The van der Waals surface area contributed by atoms with Crippen molar-refractivity contribution in [2.75, 3.05) is 7.05 Å². The second-order valence-electron chi connectivity index (χ2n) is 15.2. The molecule has 22 heteroatoms. The van der Waals surface area contributed by atoms with E-state index in [0.717, 1.165) is 27.9 Å². The van der Waals surface area contributed by atoms with Crippen LogP contribution in [-0.4, -0.2) is 125 Å². The summed E-state index contributed by atoms with van der Waals surface area (Å²) < 4.78 is 6.65. The van der Waals surface area contributed by atoms with Crippen LogP contribution in [0.1, 0.15) is 44.0 Å². The van der Waals surface area contributed by atoms with Crippen LogP contribution >= 0.6 is 0 Å². The number of Topliss-reactive ketones (excluding diaryl/α,β-unsaturated/α-hetero) is 1. The molecule has 0 aliphatic carbocycles. The predicted octanol–water partition coefficient (Wildman–Crippen LogP) is -1.39. The van der Waals surface area contributed by atoms with Crippen LogP contribution in [0.15, 0.2) is 88.5 Å². The number of phenolic OH excluding ortho intramolecular Hbond substituents is 1. The van der Waals surface area contributed by atoms with Crippen molar-refractivity contribution in [3.8, 4) is 5.75 Å². The maximum absolute atomic E-state index is 14.7. The number of amides is 5. The summed E-state index contributed by atoms with van der Waals surface area (Å²) in [6, 6.07) is 3.72. The van der Waals surface area contributed by atoms with Gasteiger partial charge in [0.2, 0.25) is 18.0 Å². The van der Waals surface area contributed by atoms with Gasteiger partial charge in [0.15, 0.2) is 5.78 Å². The fourth-order valence-electron chi connectivity index (χ4n) is 6.90. The minimum absolute atomic E-state index is 0.131. The first-order chi connectivity index (χ1) is 29.7. The molecule has 63 heavy (non-hydrogen) atoms. The molecule has 0 radical (unpaired) electrons. The second kappa shape index (κ2) is 20.2. The molecule has 4 aromatic rings. The van der Waals surface area contributed by atoms with Gasteiger partial charge in [0.05, 0.1) is 24.3 Å². The highest BCUT2D eigenvalue weighted by molar-refractivity contribution is 6.01. The number of carboxylic acids is 1. The molecule has 0 spiro atoms. The summed E-state index contributed by atoms with van der Waals surface area (Å²) in [5, 5.41) is 36.8. The summed E-state index contributed by atoms with van der Waals surface area (Å²) in [5.74, 6) is -5.46. The maximum Gasteiger partial charge on any atom is 0.331 e. The number of hydrogen-bond acceptors (Lipinski definition) is 14. The van der Waals surface area contributed by atoms with Crippen LogP contribution in [0.4, 0.5) is 4.79 Å². The van der Waals surface area contributed by atoms with Crippen molar-refractivity contribution in [1.82, 2.24) is 35.0 Å². The van der Waals surface area contributed by atoms with E-state index in [-0.39, 0.29) is 24.4 Å². The number of rotatable bonds is 17. The molecular weight excluding hydrogens is 825 g/mol. The fourth-order valence-corrected chi connectivity index (χ4v) is 6.90. The molecule has 8 atom stereocenters. The molecule has 8 unspecified atom stereocenters. The number of carbonyl (C=O) groups is 6. The molecule has 1 fully saturated rings. The van der Waals surface area contributed by atoms with Gasteiger partial charge in [0.1, 0.15) is 35.7 Å². The predicted molar refractivity (Wildman–Crippen MR) is 224 cm³/mol. The first-order valence-electron chi connectivity index (χ1n) is 19.7. The monoisotopic (exact) mass is 874 g/mol. The largest absolute Gasteiger partial charge is 0.508 e. The number of benzene rings is 2. The van der Waals surface area contributed by atoms with Crippen molar-refractivity contribution < 1.29 is 48.8 Å². The number of hydrogen-bond donors (Lipinski definition) is 10. The number of likely N-dealkylation sites (N-methyl/N-ethyl adjacent to an activating group) is 1. The number of aromatic amines is 2. The highest BCUT2D eigenvalue weighted by Gasteiger charge is 2.41. The number of imide groups is 1. The Morgan fingerprint density at radius 1 is 0.952 bits per heavy atom. The zero-order valence-corrected chi connectivity index (χ0v) is 34.5. The molecule has 13 N–H and O–H groups in total. The third-order valence-corrected chi connectivity index (χ3v) is 10.4. The number of aliphatic hydroxyl groups is 1. The molecule has 1 saturated heterocycles. The minimum atomic E-state index is -1.96. The number of carbonyl (C=O) groups excluding carboxylic acids is 5. The van der Waals surface area contributed by atoms with Crippen molar-refractivity contribution in [2.24, 2.45) is 17.2 Å². The van der Waals surface area contributed by atoms with Crippen LogP contribution in [0.2, 0.25) is 0 Å². The van der Waals surface area contributed by atoms with Crippen molar-refractivity contribution in [1.29, 1.82) is 0 Å². The third kappa shape index (κ3) is 11.4. The summed E-state index contributed by atoms with van der Waals surface area (Å²) >= 11 is 0. The number of nitrogens with one attached hydrogen (secondary N) is 4. The Balaban J connectivity index is 1.53. The number of nitrogens with zero attached hydrogens (tertiary/aromatic N) is 3. The number of nitrogens with two attached hydrogens (primary N) is 3. The molecule has 336 valence electrons. The van der Waals surface area contributed by atoms with E-state index in [9.17, 15) is 53.7 Å². The van der Waals surface area contributed by atoms with Crippen LogP contribution in [-0.2, 0) is 41.6 Å². The van der Waals surface area contributed by atoms with Gasteiger partial charge < -0.3 is 57.8 Å². The van der Waals surface area contributed by atoms with E-state index in [2.05, 4.69) is 15.6 Å². The van der Waals surface area contributed by atoms with E-state index < -0.39 is 108 Å². The summed E-state index contributed by atoms with van der Waals surface area (Å²) in [5.41, 5.74) is 18.2. The van der Waals surface area contributed by atoms with Gasteiger partial charge in [-0.25, -0.2) is 19.3 Å². The third-order valence-electron chi connectivity index (χ3n) is 10.4. The first kappa shape index (κ1) is 46.9. The van der Waals surface area contributed by atoms with Gasteiger partial charge in [-0.2, -0.15) is 0 Å². The summed E-state index contributed by atoms with van der Waals surface area (Å²) in [4.78, 5) is 113. The lowest BCUT2D eigenvalue weighted by Gasteiger charge is -2.36. The van der Waals surface area contributed by atoms with Crippen molar-refractivity contribution in [2.45, 2.75) is 88.1 Å². The van der Waals surface area contributed by atoms with Gasteiger partial charge in [0.25, 0.3) is 11.5 Å². The van der Waals surface area contributed by atoms with Crippen LogP contribution in [0.3, 0.4) is 0 Å². The number of aliphatic hydroxyl groups excluding tert-OH is 1. The smallest absolute Gasteiger partial charge is 0.331 e. The number of aliphatic carboxylic acids is 1. The number of fused-ring (bicyclic) bond motifs is 1. The quantitative estimate of drug-likeness (QED) is 0.0584. The van der Waals surface area contributed by atoms with E-state index >= 15 is 0 Å². The van der Waals surface area contributed by atoms with Crippen molar-refractivity contribution in [3.05, 3.63) is 111 Å². The Kier molecular flexibility index (Phi) is 15.0. The van der Waals surface area contributed by atoms with E-state index in [4.69, 9.17) is 21.9 Å². The molecule has 0 saturated carbocycles. The standard InChI is InChI=1S/C41H50N10O12/c1-20(42)31(53)17-30(49(3)36(57)28(46-35(56)21(2)43)14-22-7-6-8-24(52)13-22)34(44)37(58)51(19-25-16-32(54)38(63-25)50-12-11-33(55)48-41(50)62)40(61)47-29(39(59)60)15-23-18-45-27-10-5-4-9-26(23)27/h4-13,18-21,28-30,32,34,38,45,52,54H,14-17,42-44H2,1-3H3,(H,46,56)(H,47,61)(H,59,60)(H,48,55,62). The molecule has 22 nitrogen and oxygen atoms in total. The lowest BCUT2D eigenvalue weighted by Crippen LogP contribution is -2.62. The van der Waals surface area contributed by atoms with Crippen LogP contribution in [0.5, 0.6) is 5.75 Å². The fraction of sp³-hybridized carbons (Fsp3) is 0.366. The van der Waals surface area contributed by atoms with E-state index in [0.29, 0.717) is 26.9 Å². The van der Waals surface area contributed by atoms with Gasteiger partial charge >= 0.3 is 17.7 Å². The lowest BCUT2D eigenvalue weighted by molar-refractivity contribution is -0.141. The Hall–Kier alpha value is -7.14. The van der Waals surface area contributed by atoms with E-state index in [1.165, 1.54) is 39.1 Å². The van der Waals surface area contributed by atoms with E-state index in [1.54, 1.807) is 36.5 Å². The van der Waals surface area contributed by atoms with Crippen LogP contribution < -0.4 is 39.1 Å². The summed E-state index contributed by atoms with van der Waals surface area (Å²) in [6.45, 7) is 2.74. The van der Waals surface area contributed by atoms with E-state index in [1.807, 2.05) is 4.98 Å². The molecule has 5 rings (SSSR count). The van der Waals surface area contributed by atoms with Gasteiger partial charge in [0, 0.05) is 62.1 Å². The molecule has 0 bridgehead atoms. The Morgan fingerprint density at radius 3 is 2.32 bits per heavy atom. The number of carboxylic acid groups (broad SMARTS) is 1. The Bertz CT molecular complexity index is 2510. The SMILES string of the molecule is CC(N)C(=O)CC(C(N)C(=O)N(C=C1CC(O)C(n2ccc(=O)[nH]c2=O)O1)C(=O)NC(Cc1c[nH]c2ccccc12)C(=O)O)N(C)C(=O)C(Cc1cccc(O)c1)NC(=O)C(C)N. The van der Waals surface area contributed by atoms with Crippen LogP contribution in [0, 0.1) is 0 Å². The van der Waals surface area contributed by atoms with Gasteiger partial charge in [-0.15, -0.1) is 0 Å². The molecule has 2 aromatic heterocycles. The number of aromatic hydroxyl groups is 1. The summed E-state index contributed by atoms with van der Waals surface area (Å²) in [6.07, 6.45) is -1.01. The van der Waals surface area contributed by atoms with Crippen molar-refractivity contribution >= 4 is 46.4 Å². The Morgan fingerprint density at radius 2 is 1.67 bits per heavy atom. The number of ether oxygens (including phenoxy) is 1. The lowest BCUT2D eigenvalue weighted by atomic mass is 9.96. The summed E-state index contributed by atoms with van der Waals surface area (Å²) in [7, 11) is 1.20. The van der Waals surface area contributed by atoms with Gasteiger partial charge in [-0.3, -0.25) is 33.5 Å². The van der Waals surface area contributed by atoms with Gasteiger partial charge in [-0.1, -0.05) is 30.3 Å². The number of aromatic nitrogens is 3. The number of para-hydroxylation sites is 1. The highest BCUT2D eigenvalue weighted by Crippen LogP contribution is 2.31. The molecule has 2 aromatic carbocycles. The second-order valence-corrected chi connectivity index (χ2v) is 15.2. The average Bonchev–Trinajstić information content (AvgIpc) is 3.82. The minimum Gasteiger partial charge on any atom is -0.508 e. The molecule has 5 amide bonds. The number of ketones is 1.